The summed E-state index contributed by atoms with van der Waals surface area (Å²) in [7, 11) is -0.188. The molecule has 0 saturated heterocycles. The largest absolute Gasteiger partial charge is 0.748 e. The second kappa shape index (κ2) is 15.3. The van der Waals surface area contributed by atoms with Gasteiger partial charge < -0.3 is 36.1 Å². The molecule has 1 nitrogen and oxygen atoms in total. The third-order valence-electron chi connectivity index (χ3n) is 2.38. The Kier molecular flexibility index (Phi) is 16.5. The van der Waals surface area contributed by atoms with Crippen LogP contribution in [0.3, 0.4) is 0 Å². The normalized spacial score (nSPS) is 8.63. The zero-order chi connectivity index (χ0) is 13.6. The number of anilines is 1. The minimum atomic E-state index is -0.188. The third-order valence-corrected chi connectivity index (χ3v) is 3.94. The van der Waals surface area contributed by atoms with E-state index < -0.39 is 0 Å². The molecule has 19 heavy (non-hydrogen) atoms. The van der Waals surface area contributed by atoms with E-state index in [-0.39, 0.29) is 25.9 Å². The molecular weight excluding hydrogens is 290 g/mol. The van der Waals surface area contributed by atoms with Gasteiger partial charge in [-0.3, -0.25) is 0 Å². The van der Waals surface area contributed by atoms with Crippen LogP contribution >= 0.6 is 0 Å². The maximum absolute atomic E-state index is 5.28. The van der Waals surface area contributed by atoms with Gasteiger partial charge in [0.15, 0.2) is 0 Å². The van der Waals surface area contributed by atoms with Gasteiger partial charge in [0.1, 0.15) is 0 Å². The summed E-state index contributed by atoms with van der Waals surface area (Å²) in [6, 6.07) is 19.1. The summed E-state index contributed by atoms with van der Waals surface area (Å²) in [5.74, 6) is 0. The van der Waals surface area contributed by atoms with E-state index in [9.17, 15) is 0 Å². The fraction of sp³-hybridized carbons (Fsp3) is 0.375. The van der Waals surface area contributed by atoms with E-state index in [4.69, 9.17) is 5.73 Å². The Morgan fingerprint density at radius 1 is 1.00 bits per heavy atom. The molecule has 0 aliphatic rings. The fourth-order valence-electron chi connectivity index (χ4n) is 1.32. The summed E-state index contributed by atoms with van der Waals surface area (Å²) < 4.78 is 0. The summed E-state index contributed by atoms with van der Waals surface area (Å²) in [4.78, 5) is 0. The molecule has 2 aromatic rings. The van der Waals surface area contributed by atoms with Crippen molar-refractivity contribution in [3.63, 3.8) is 0 Å². The van der Waals surface area contributed by atoms with Crippen LogP contribution in [-0.2, 0) is 17.1 Å². The van der Waals surface area contributed by atoms with Crippen molar-refractivity contribution in [1.29, 1.82) is 0 Å². The maximum Gasteiger partial charge on any atom is 0.0305 e. The molecule has 2 aromatic carbocycles. The van der Waals surface area contributed by atoms with Crippen molar-refractivity contribution in [2.45, 2.75) is 38.9 Å². The van der Waals surface area contributed by atoms with Gasteiger partial charge in [0.05, 0.1) is 0 Å². The predicted molar refractivity (Wildman–Crippen MR) is 87.1 cm³/mol. The topological polar surface area (TPSA) is 26.0 Å². The van der Waals surface area contributed by atoms with E-state index >= 15 is 0 Å². The van der Waals surface area contributed by atoms with Crippen LogP contribution in [0.1, 0.15) is 19.8 Å². The standard InChI is InChI=1S/C6H16Si.C5H6N.C5H5.Fe/c1-4-5-6-7(2)3;6-5-3-1-2-4-5;1-2-4-5-3-1;/h7H,4-6H2,1-3H3;1-4H,6H2;1-5H;/q;-1;-5;. The molecule has 0 fully saturated rings. The Hall–Kier alpha value is -0.764. The van der Waals surface area contributed by atoms with Crippen LogP contribution in [0, 0.1) is 0 Å². The van der Waals surface area contributed by atoms with Crippen molar-refractivity contribution in [2.24, 2.45) is 0 Å². The summed E-state index contributed by atoms with van der Waals surface area (Å²) in [6.07, 6.45) is 2.84. The van der Waals surface area contributed by atoms with Gasteiger partial charge in [-0.05, 0) is 0 Å². The number of hydrogen-bond acceptors (Lipinski definition) is 1. The first-order valence-electron chi connectivity index (χ1n) is 6.80. The van der Waals surface area contributed by atoms with Crippen molar-refractivity contribution < 1.29 is 17.1 Å². The summed E-state index contributed by atoms with van der Waals surface area (Å²) in [5, 5.41) is 0. The van der Waals surface area contributed by atoms with Crippen LogP contribution in [0.5, 0.6) is 0 Å². The van der Waals surface area contributed by atoms with E-state index in [0.29, 0.717) is 0 Å². The first kappa shape index (κ1) is 20.6. The average molecular weight is 317 g/mol. The molecule has 2 rings (SSSR count). The van der Waals surface area contributed by atoms with Crippen LogP contribution in [0.15, 0.2) is 54.6 Å². The van der Waals surface area contributed by atoms with Crippen molar-refractivity contribution in [3.05, 3.63) is 54.6 Å². The molecule has 114 valence electrons. The maximum atomic E-state index is 5.28. The van der Waals surface area contributed by atoms with E-state index in [1.54, 1.807) is 0 Å². The average Bonchev–Trinajstić information content (AvgIpc) is 3.02. The van der Waals surface area contributed by atoms with Crippen LogP contribution in [0.2, 0.25) is 19.1 Å². The monoisotopic (exact) mass is 317 g/mol. The molecule has 0 radical (unpaired) electrons. The molecule has 2 N–H and O–H groups in total. The molecule has 0 spiro atoms. The zero-order valence-corrected chi connectivity index (χ0v) is 14.6. The molecule has 0 amide bonds. The van der Waals surface area contributed by atoms with Gasteiger partial charge in [0.25, 0.3) is 0 Å². The van der Waals surface area contributed by atoms with E-state index in [1.807, 2.05) is 54.6 Å². The molecule has 0 atom stereocenters. The van der Waals surface area contributed by atoms with Crippen LogP contribution < -0.4 is 5.73 Å². The molecule has 0 aliphatic heterocycles. The molecule has 0 heterocycles. The molecule has 3 heteroatoms. The molecule has 0 bridgehead atoms. The zero-order valence-electron chi connectivity index (χ0n) is 12.3. The van der Waals surface area contributed by atoms with Gasteiger partial charge in [-0.2, -0.15) is 12.1 Å². The minimum Gasteiger partial charge on any atom is -0.748 e. The van der Waals surface area contributed by atoms with Crippen LogP contribution in [-0.4, -0.2) is 8.80 Å². The Balaban J connectivity index is 0. The second-order valence-corrected chi connectivity index (χ2v) is 8.08. The molecule has 0 aromatic heterocycles. The molecular formula is C16H27FeNSi-6. The quantitative estimate of drug-likeness (QED) is 0.646. The van der Waals surface area contributed by atoms with Crippen molar-refractivity contribution in [1.82, 2.24) is 0 Å². The van der Waals surface area contributed by atoms with Crippen molar-refractivity contribution >= 4 is 14.5 Å². The number of rotatable bonds is 3. The van der Waals surface area contributed by atoms with E-state index in [2.05, 4.69) is 20.0 Å². The summed E-state index contributed by atoms with van der Waals surface area (Å²) in [6.45, 7) is 7.09. The summed E-state index contributed by atoms with van der Waals surface area (Å²) in [5.41, 5.74) is 6.12. The van der Waals surface area contributed by atoms with Gasteiger partial charge in [-0.15, -0.1) is 0 Å². The molecule has 0 aliphatic carbocycles. The second-order valence-electron chi connectivity index (χ2n) is 4.72. The number of hydrogen-bond donors (Lipinski definition) is 1. The van der Waals surface area contributed by atoms with E-state index in [1.165, 1.54) is 18.9 Å². The third kappa shape index (κ3) is 17.2. The van der Waals surface area contributed by atoms with Gasteiger partial charge in [-0.1, -0.05) is 44.6 Å². The smallest absolute Gasteiger partial charge is 0.0305 e. The Morgan fingerprint density at radius 3 is 1.58 bits per heavy atom. The Morgan fingerprint density at radius 2 is 1.42 bits per heavy atom. The van der Waals surface area contributed by atoms with Crippen LogP contribution in [0.4, 0.5) is 5.69 Å². The van der Waals surface area contributed by atoms with Gasteiger partial charge in [0.2, 0.25) is 0 Å². The fourth-order valence-corrected chi connectivity index (χ4v) is 2.55. The van der Waals surface area contributed by atoms with Crippen LogP contribution in [0.25, 0.3) is 0 Å². The van der Waals surface area contributed by atoms with E-state index in [0.717, 1.165) is 5.69 Å². The van der Waals surface area contributed by atoms with Gasteiger partial charge in [-0.25, -0.2) is 12.1 Å². The van der Waals surface area contributed by atoms with Crippen molar-refractivity contribution in [3.8, 4) is 0 Å². The molecule has 0 unspecified atom stereocenters. The van der Waals surface area contributed by atoms with Crippen molar-refractivity contribution in [2.75, 3.05) is 5.73 Å². The summed E-state index contributed by atoms with van der Waals surface area (Å²) >= 11 is 0. The Labute approximate surface area is 131 Å². The predicted octanol–water partition coefficient (Wildman–Crippen LogP) is 4.66. The first-order chi connectivity index (χ1) is 8.66. The van der Waals surface area contributed by atoms with Gasteiger partial charge in [0, 0.05) is 25.9 Å². The van der Waals surface area contributed by atoms with Gasteiger partial charge >= 0.3 is 0 Å². The number of nitrogen functional groups attached to an aromatic ring is 1. The SMILES string of the molecule is CCCC[SiH](C)C.N[c-]1cccc1.[Fe].[cH-]1[cH-][cH-][cH-][cH-]1. The first-order valence-corrected chi connectivity index (χ1v) is 9.93. The number of nitrogens with two attached hydrogens (primary N) is 1. The molecule has 0 saturated carbocycles. The number of unbranched alkanes of at least 4 members (excludes halogenated alkanes) is 1. The Bertz CT molecular complexity index is 310. The minimum absolute atomic E-state index is 0.